The van der Waals surface area contributed by atoms with Crippen LogP contribution < -0.4 is 5.32 Å². The van der Waals surface area contributed by atoms with Crippen LogP contribution in [0, 0.1) is 23.6 Å². The maximum atomic E-state index is 13.4. The van der Waals surface area contributed by atoms with Gasteiger partial charge < -0.3 is 10.1 Å². The maximum Gasteiger partial charge on any atom is 0.306 e. The first-order valence-electron chi connectivity index (χ1n) is 11.3. The normalized spacial score (nSPS) is 19.4. The quantitative estimate of drug-likeness (QED) is 0.585. The number of hydrogen-bond donors (Lipinski definition) is 1. The van der Waals surface area contributed by atoms with E-state index in [4.69, 9.17) is 4.74 Å². The van der Waals surface area contributed by atoms with Gasteiger partial charge in [0.05, 0.1) is 25.1 Å². The molecular weight excluding hydrogens is 415 g/mol. The van der Waals surface area contributed by atoms with Crippen molar-refractivity contribution in [3.05, 3.63) is 24.1 Å². The number of rotatable bonds is 9. The molecule has 0 aromatic carbocycles. The number of pyridine rings is 1. The maximum absolute atomic E-state index is 13.4. The van der Waals surface area contributed by atoms with Crippen LogP contribution in [0.3, 0.4) is 0 Å². The van der Waals surface area contributed by atoms with Crippen molar-refractivity contribution in [2.45, 2.75) is 64.8 Å². The lowest BCUT2D eigenvalue weighted by Gasteiger charge is -2.27. The molecule has 2 heterocycles. The number of carbonyl (C=O) groups excluding carboxylic acids is 3. The lowest BCUT2D eigenvalue weighted by atomic mass is 9.89. The average molecular weight is 447 g/mol. The molecule has 0 spiro atoms. The Hall–Kier alpha value is -2.84. The van der Waals surface area contributed by atoms with E-state index < -0.39 is 29.7 Å². The molecule has 2 aliphatic rings. The highest BCUT2D eigenvalue weighted by atomic mass is 19.1. The van der Waals surface area contributed by atoms with Gasteiger partial charge in [0.1, 0.15) is 17.7 Å². The largest absolute Gasteiger partial charge is 0.465 e. The third-order valence-corrected chi connectivity index (χ3v) is 5.77. The number of aromatic nitrogens is 1. The highest BCUT2D eigenvalue weighted by Gasteiger charge is 2.38. The molecule has 1 N–H and O–H groups in total. The molecule has 1 saturated carbocycles. The van der Waals surface area contributed by atoms with Crippen molar-refractivity contribution >= 4 is 29.8 Å². The van der Waals surface area contributed by atoms with Crippen LogP contribution in [0.5, 0.6) is 0 Å². The standard InChI is InChI=1S/C23H31FN4O4/c1-15(2)14-32-21(29)12-17(11-16-5-3-4-6-16)23(31)28-19(9-10-26-28)22(30)27-20-8-7-18(24)13-25-20/h7-8,10,13,15-17,19H,3-6,9,11-12,14H2,1-2H3,(H,25,27,30)/t17-,19?/m1/s1. The number of carbonyl (C=O) groups is 3. The molecule has 1 aliphatic carbocycles. The van der Waals surface area contributed by atoms with E-state index in [1.807, 2.05) is 13.8 Å². The first-order valence-corrected chi connectivity index (χ1v) is 11.3. The molecule has 1 aromatic heterocycles. The molecule has 32 heavy (non-hydrogen) atoms. The van der Waals surface area contributed by atoms with Gasteiger partial charge in [-0.05, 0) is 30.4 Å². The third-order valence-electron chi connectivity index (χ3n) is 5.77. The van der Waals surface area contributed by atoms with Gasteiger partial charge in [0.25, 0.3) is 5.91 Å². The fraction of sp³-hybridized carbons (Fsp3) is 0.609. The molecule has 8 nitrogen and oxygen atoms in total. The number of halogens is 1. The zero-order chi connectivity index (χ0) is 23.1. The number of amides is 2. The summed E-state index contributed by atoms with van der Waals surface area (Å²) in [6.45, 7) is 4.21. The van der Waals surface area contributed by atoms with Crippen LogP contribution in [0.2, 0.25) is 0 Å². The second kappa shape index (κ2) is 11.2. The highest BCUT2D eigenvalue weighted by molar-refractivity contribution is 5.99. The van der Waals surface area contributed by atoms with Gasteiger partial charge in [-0.1, -0.05) is 39.5 Å². The average Bonchev–Trinajstić information content (AvgIpc) is 3.45. The minimum atomic E-state index is -0.841. The fourth-order valence-electron chi connectivity index (χ4n) is 4.13. The summed E-state index contributed by atoms with van der Waals surface area (Å²) < 4.78 is 18.4. The zero-order valence-corrected chi connectivity index (χ0v) is 18.6. The molecule has 3 rings (SSSR count). The Morgan fingerprint density at radius 2 is 2.00 bits per heavy atom. The van der Waals surface area contributed by atoms with E-state index in [0.717, 1.165) is 31.9 Å². The number of hydrogen-bond acceptors (Lipinski definition) is 6. The topological polar surface area (TPSA) is 101 Å². The molecule has 0 radical (unpaired) electrons. The summed E-state index contributed by atoms with van der Waals surface area (Å²) in [6.07, 6.45) is 7.66. The first kappa shape index (κ1) is 23.8. The Morgan fingerprint density at radius 3 is 2.66 bits per heavy atom. The lowest BCUT2D eigenvalue weighted by Crippen LogP contribution is -2.45. The number of hydrazone groups is 1. The summed E-state index contributed by atoms with van der Waals surface area (Å²) in [4.78, 5) is 42.4. The number of nitrogens with one attached hydrogen (secondary N) is 1. The van der Waals surface area contributed by atoms with Crippen LogP contribution in [0.15, 0.2) is 23.4 Å². The number of esters is 1. The summed E-state index contributed by atoms with van der Waals surface area (Å²) in [5.74, 6) is -1.54. The van der Waals surface area contributed by atoms with Crippen molar-refractivity contribution in [1.29, 1.82) is 0 Å². The molecule has 174 valence electrons. The summed E-state index contributed by atoms with van der Waals surface area (Å²) in [5.41, 5.74) is 0. The monoisotopic (exact) mass is 446 g/mol. The van der Waals surface area contributed by atoms with E-state index in [9.17, 15) is 18.8 Å². The highest BCUT2D eigenvalue weighted by Crippen LogP contribution is 2.33. The molecule has 1 fully saturated rings. The summed E-state index contributed by atoms with van der Waals surface area (Å²) in [7, 11) is 0. The molecule has 1 unspecified atom stereocenters. The van der Waals surface area contributed by atoms with Gasteiger partial charge in [-0.3, -0.25) is 14.4 Å². The molecular formula is C23H31FN4O4. The van der Waals surface area contributed by atoms with Crippen LogP contribution in [0.25, 0.3) is 0 Å². The number of ether oxygens (including phenoxy) is 1. The van der Waals surface area contributed by atoms with Crippen LogP contribution in [-0.2, 0) is 19.1 Å². The van der Waals surface area contributed by atoms with Gasteiger partial charge in [-0.25, -0.2) is 14.4 Å². The van der Waals surface area contributed by atoms with Gasteiger partial charge in [0.2, 0.25) is 5.91 Å². The Kier molecular flexibility index (Phi) is 8.30. The van der Waals surface area contributed by atoms with E-state index in [-0.39, 0.29) is 30.5 Å². The number of nitrogens with zero attached hydrogens (tertiary/aromatic N) is 3. The van der Waals surface area contributed by atoms with Crippen molar-refractivity contribution in [1.82, 2.24) is 9.99 Å². The van der Waals surface area contributed by atoms with Crippen molar-refractivity contribution < 1.29 is 23.5 Å². The summed E-state index contributed by atoms with van der Waals surface area (Å²) in [6, 6.07) is 1.70. The van der Waals surface area contributed by atoms with E-state index in [2.05, 4.69) is 15.4 Å². The summed E-state index contributed by atoms with van der Waals surface area (Å²) in [5, 5.41) is 7.91. The van der Waals surface area contributed by atoms with Gasteiger partial charge in [-0.2, -0.15) is 5.10 Å². The van der Waals surface area contributed by atoms with Gasteiger partial charge >= 0.3 is 5.97 Å². The van der Waals surface area contributed by atoms with E-state index >= 15 is 0 Å². The van der Waals surface area contributed by atoms with E-state index in [1.165, 1.54) is 23.4 Å². The molecule has 1 aliphatic heterocycles. The Morgan fingerprint density at radius 1 is 1.25 bits per heavy atom. The smallest absolute Gasteiger partial charge is 0.306 e. The van der Waals surface area contributed by atoms with E-state index in [0.29, 0.717) is 18.9 Å². The minimum absolute atomic E-state index is 0.0259. The van der Waals surface area contributed by atoms with Crippen LogP contribution in [0.4, 0.5) is 10.2 Å². The zero-order valence-electron chi connectivity index (χ0n) is 18.6. The molecule has 2 atom stereocenters. The Balaban J connectivity index is 1.67. The first-order chi connectivity index (χ1) is 15.3. The predicted octanol–water partition coefficient (Wildman–Crippen LogP) is 3.53. The van der Waals surface area contributed by atoms with Crippen molar-refractivity contribution in [2.24, 2.45) is 22.9 Å². The molecule has 2 amide bonds. The van der Waals surface area contributed by atoms with Crippen LogP contribution in [-0.4, -0.2) is 46.6 Å². The summed E-state index contributed by atoms with van der Waals surface area (Å²) >= 11 is 0. The lowest BCUT2D eigenvalue weighted by molar-refractivity contribution is -0.151. The van der Waals surface area contributed by atoms with Crippen LogP contribution >= 0.6 is 0 Å². The Labute approximate surface area is 187 Å². The van der Waals surface area contributed by atoms with Crippen molar-refractivity contribution in [3.8, 4) is 0 Å². The van der Waals surface area contributed by atoms with Crippen molar-refractivity contribution in [3.63, 3.8) is 0 Å². The van der Waals surface area contributed by atoms with Crippen molar-refractivity contribution in [2.75, 3.05) is 11.9 Å². The predicted molar refractivity (Wildman–Crippen MR) is 117 cm³/mol. The second-order valence-corrected chi connectivity index (χ2v) is 8.95. The second-order valence-electron chi connectivity index (χ2n) is 8.95. The Bertz CT molecular complexity index is 837. The van der Waals surface area contributed by atoms with Gasteiger partial charge in [-0.15, -0.1) is 0 Å². The van der Waals surface area contributed by atoms with Gasteiger partial charge in [0, 0.05) is 12.6 Å². The van der Waals surface area contributed by atoms with Gasteiger partial charge in [0.15, 0.2) is 0 Å². The molecule has 1 aromatic rings. The SMILES string of the molecule is CC(C)COC(=O)C[C@@H](CC1CCCC1)C(=O)N1N=CCC1C(=O)Nc1ccc(F)cn1. The molecule has 0 saturated heterocycles. The van der Waals surface area contributed by atoms with E-state index in [1.54, 1.807) is 0 Å². The molecule has 0 bridgehead atoms. The fourth-order valence-corrected chi connectivity index (χ4v) is 4.13. The third kappa shape index (κ3) is 6.58. The van der Waals surface area contributed by atoms with Crippen LogP contribution in [0.1, 0.15) is 58.8 Å². The number of anilines is 1. The minimum Gasteiger partial charge on any atom is -0.465 e. The molecule has 9 heteroatoms.